The first-order valence-corrected chi connectivity index (χ1v) is 11.7. The van der Waals surface area contributed by atoms with Gasteiger partial charge < -0.3 is 10.4 Å². The van der Waals surface area contributed by atoms with Crippen molar-refractivity contribution in [3.63, 3.8) is 0 Å². The lowest BCUT2D eigenvalue weighted by Crippen LogP contribution is -2.22. The monoisotopic (exact) mass is 463 g/mol. The Hall–Kier alpha value is -3.23. The van der Waals surface area contributed by atoms with Gasteiger partial charge in [-0.05, 0) is 44.5 Å². The van der Waals surface area contributed by atoms with Gasteiger partial charge in [0.1, 0.15) is 27.7 Å². The number of aryl methyl sites for hydroxylation is 2. The Bertz CT molecular complexity index is 1320. The summed E-state index contributed by atoms with van der Waals surface area (Å²) < 4.78 is 0. The van der Waals surface area contributed by atoms with E-state index in [2.05, 4.69) is 34.3 Å². The number of thiophene rings is 1. The minimum atomic E-state index is -0.504. The highest BCUT2D eigenvalue weighted by molar-refractivity contribution is 8.00. The molecular formula is C24H21N3O3S2. The zero-order chi connectivity index (χ0) is 22.8. The number of aldehydes is 1. The predicted octanol–water partition coefficient (Wildman–Crippen LogP) is 5.61. The second-order valence-electron chi connectivity index (χ2n) is 7.30. The Kier molecular flexibility index (Phi) is 6.25. The van der Waals surface area contributed by atoms with Crippen LogP contribution < -0.4 is 5.32 Å². The number of fused-ring (bicyclic) bond motifs is 1. The first-order valence-electron chi connectivity index (χ1n) is 9.96. The number of benzene rings is 2. The average Bonchev–Trinajstić information content (AvgIpc) is 3.11. The van der Waals surface area contributed by atoms with Crippen molar-refractivity contribution in [3.05, 3.63) is 64.8 Å². The van der Waals surface area contributed by atoms with E-state index in [1.54, 1.807) is 18.3 Å². The van der Waals surface area contributed by atoms with Crippen LogP contribution in [0.25, 0.3) is 21.3 Å². The van der Waals surface area contributed by atoms with Gasteiger partial charge in [0.25, 0.3) is 0 Å². The number of thioether (sulfide) groups is 1. The van der Waals surface area contributed by atoms with E-state index in [-0.39, 0.29) is 17.3 Å². The summed E-state index contributed by atoms with van der Waals surface area (Å²) in [6.07, 6.45) is 0.664. The van der Waals surface area contributed by atoms with Crippen molar-refractivity contribution in [1.82, 2.24) is 9.97 Å². The average molecular weight is 464 g/mol. The fraction of sp³-hybridized carbons (Fsp3) is 0.167. The molecule has 1 unspecified atom stereocenters. The van der Waals surface area contributed by atoms with Gasteiger partial charge in [0.05, 0.1) is 16.3 Å². The van der Waals surface area contributed by atoms with Crippen LogP contribution in [0.1, 0.15) is 28.0 Å². The second-order valence-corrected chi connectivity index (χ2v) is 9.83. The van der Waals surface area contributed by atoms with Gasteiger partial charge >= 0.3 is 0 Å². The molecule has 0 fully saturated rings. The van der Waals surface area contributed by atoms with Gasteiger partial charge in [-0.1, -0.05) is 42.1 Å². The van der Waals surface area contributed by atoms with Crippen LogP contribution in [0.3, 0.4) is 0 Å². The summed E-state index contributed by atoms with van der Waals surface area (Å²) in [5.41, 5.74) is 2.73. The molecule has 2 aromatic heterocycles. The summed E-state index contributed by atoms with van der Waals surface area (Å²) in [4.78, 5) is 35.2. The van der Waals surface area contributed by atoms with E-state index in [0.29, 0.717) is 17.7 Å². The van der Waals surface area contributed by atoms with Crippen LogP contribution in [-0.4, -0.2) is 32.5 Å². The number of phenolic OH excluding ortho intramolecular Hbond substituents is 1. The maximum absolute atomic E-state index is 12.9. The molecule has 2 N–H and O–H groups in total. The number of hydrogen-bond acceptors (Lipinski definition) is 7. The lowest BCUT2D eigenvalue weighted by molar-refractivity contribution is -0.115. The summed E-state index contributed by atoms with van der Waals surface area (Å²) in [5, 5.41) is 13.9. The molecule has 1 amide bonds. The topological polar surface area (TPSA) is 92.2 Å². The minimum absolute atomic E-state index is 0.0961. The number of aromatic nitrogens is 2. The van der Waals surface area contributed by atoms with E-state index in [4.69, 9.17) is 0 Å². The molecule has 0 aliphatic heterocycles. The third kappa shape index (κ3) is 4.37. The van der Waals surface area contributed by atoms with E-state index >= 15 is 0 Å². The van der Waals surface area contributed by atoms with Crippen molar-refractivity contribution in [2.24, 2.45) is 0 Å². The number of anilines is 1. The molecule has 32 heavy (non-hydrogen) atoms. The van der Waals surface area contributed by atoms with E-state index in [1.807, 2.05) is 25.1 Å². The predicted molar refractivity (Wildman–Crippen MR) is 130 cm³/mol. The number of phenols is 1. The molecule has 0 aliphatic rings. The first kappa shape index (κ1) is 22.0. The number of nitrogens with one attached hydrogen (secondary N) is 1. The molecule has 1 atom stereocenters. The smallest absolute Gasteiger partial charge is 0.237 e. The zero-order valence-corrected chi connectivity index (χ0v) is 19.4. The number of hydrogen-bond donors (Lipinski definition) is 2. The highest BCUT2D eigenvalue weighted by atomic mass is 32.2. The summed E-state index contributed by atoms with van der Waals surface area (Å²) in [7, 11) is 0. The van der Waals surface area contributed by atoms with Crippen LogP contribution >= 0.6 is 23.1 Å². The second kappa shape index (κ2) is 9.10. The summed E-state index contributed by atoms with van der Waals surface area (Å²) in [6.45, 7) is 5.69. The Morgan fingerprint density at radius 1 is 1.16 bits per heavy atom. The van der Waals surface area contributed by atoms with Crippen LogP contribution in [0.2, 0.25) is 0 Å². The van der Waals surface area contributed by atoms with Crippen LogP contribution in [0.4, 0.5) is 5.69 Å². The summed E-state index contributed by atoms with van der Waals surface area (Å²) in [6, 6.07) is 14.4. The molecule has 4 rings (SSSR count). The van der Waals surface area contributed by atoms with Gasteiger partial charge in [-0.25, -0.2) is 9.97 Å². The van der Waals surface area contributed by atoms with Crippen LogP contribution in [0.5, 0.6) is 5.75 Å². The van der Waals surface area contributed by atoms with Crippen LogP contribution in [0, 0.1) is 13.8 Å². The quantitative estimate of drug-likeness (QED) is 0.167. The number of nitrogens with zero attached hydrogens (tertiary/aromatic N) is 2. The van der Waals surface area contributed by atoms with Crippen molar-refractivity contribution in [2.45, 2.75) is 31.0 Å². The molecule has 0 radical (unpaired) electrons. The molecule has 162 valence electrons. The molecule has 2 heterocycles. The van der Waals surface area contributed by atoms with Crippen molar-refractivity contribution in [1.29, 1.82) is 0 Å². The molecule has 4 aromatic rings. The van der Waals surface area contributed by atoms with Crippen molar-refractivity contribution in [3.8, 4) is 16.9 Å². The normalized spacial score (nSPS) is 12.0. The lowest BCUT2D eigenvalue weighted by atomic mass is 10.0. The van der Waals surface area contributed by atoms with Crippen molar-refractivity contribution >= 4 is 51.2 Å². The molecule has 0 aliphatic carbocycles. The number of amides is 1. The third-order valence-electron chi connectivity index (χ3n) is 4.94. The maximum atomic E-state index is 12.9. The van der Waals surface area contributed by atoms with Gasteiger partial charge in [-0.3, -0.25) is 9.59 Å². The van der Waals surface area contributed by atoms with Gasteiger partial charge in [0.2, 0.25) is 5.91 Å². The molecule has 0 spiro atoms. The Balaban J connectivity index is 1.68. The van der Waals surface area contributed by atoms with Gasteiger partial charge in [0.15, 0.2) is 0 Å². The van der Waals surface area contributed by atoms with E-state index < -0.39 is 5.25 Å². The molecular weight excluding hydrogens is 442 g/mol. The molecule has 2 aromatic carbocycles. The van der Waals surface area contributed by atoms with E-state index in [1.165, 1.54) is 30.0 Å². The Morgan fingerprint density at radius 2 is 1.91 bits per heavy atom. The van der Waals surface area contributed by atoms with Gasteiger partial charge in [0, 0.05) is 16.0 Å². The first-order chi connectivity index (χ1) is 15.4. The number of aromatic hydroxyl groups is 1. The maximum Gasteiger partial charge on any atom is 0.237 e. The molecule has 0 saturated heterocycles. The van der Waals surface area contributed by atoms with Crippen LogP contribution in [-0.2, 0) is 4.79 Å². The fourth-order valence-electron chi connectivity index (χ4n) is 3.40. The van der Waals surface area contributed by atoms with Gasteiger partial charge in [-0.2, -0.15) is 0 Å². The molecule has 6 nitrogen and oxygen atoms in total. The number of carbonyl (C=O) groups is 2. The van der Waals surface area contributed by atoms with Crippen molar-refractivity contribution < 1.29 is 14.7 Å². The summed E-state index contributed by atoms with van der Waals surface area (Å²) >= 11 is 2.96. The number of carbonyl (C=O) groups excluding carboxylic acids is 2. The fourth-order valence-corrected chi connectivity index (χ4v) is 5.56. The van der Waals surface area contributed by atoms with E-state index in [9.17, 15) is 14.7 Å². The van der Waals surface area contributed by atoms with Crippen LogP contribution in [0.15, 0.2) is 53.6 Å². The SMILES string of the molecule is Cc1nc(SC(C)C(=O)Nc2cc(C=O)ccc2O)c2c(-c3ccccc3)c(C)sc2n1. The van der Waals surface area contributed by atoms with Crippen molar-refractivity contribution in [2.75, 3.05) is 5.32 Å². The highest BCUT2D eigenvalue weighted by Crippen LogP contribution is 2.42. The van der Waals surface area contributed by atoms with Gasteiger partial charge in [-0.15, -0.1) is 11.3 Å². The zero-order valence-electron chi connectivity index (χ0n) is 17.7. The lowest BCUT2D eigenvalue weighted by Gasteiger charge is -2.14. The summed E-state index contributed by atoms with van der Waals surface area (Å²) in [5.74, 6) is 0.247. The molecule has 0 bridgehead atoms. The third-order valence-corrected chi connectivity index (χ3v) is 7.03. The molecule has 8 heteroatoms. The number of rotatable bonds is 6. The molecule has 0 saturated carbocycles. The largest absolute Gasteiger partial charge is 0.506 e. The highest BCUT2D eigenvalue weighted by Gasteiger charge is 2.23. The van der Waals surface area contributed by atoms with E-state index in [0.717, 1.165) is 31.2 Å². The standard InChI is InChI=1S/C24H21N3O3S2/c1-13-20(17-7-5-4-6-8-17)21-23(31-13)25-15(3)26-24(21)32-14(2)22(30)27-18-11-16(12-28)9-10-19(18)29/h4-12,14,29H,1-3H3,(H,27,30). The Labute approximate surface area is 193 Å². The Morgan fingerprint density at radius 3 is 2.62 bits per heavy atom. The minimum Gasteiger partial charge on any atom is -0.506 e.